The summed E-state index contributed by atoms with van der Waals surface area (Å²) in [5.74, 6) is -4.56. The Bertz CT molecular complexity index is 989. The highest BCUT2D eigenvalue weighted by Crippen LogP contribution is 2.33. The molecule has 0 unspecified atom stereocenters. The maximum Gasteiger partial charge on any atom is 0.387 e. The van der Waals surface area contributed by atoms with Gasteiger partial charge in [-0.05, 0) is 53.3 Å². The first kappa shape index (κ1) is 20.6. The Morgan fingerprint density at radius 2 is 1.38 bits per heavy atom. The standard InChI is InChI=1S/C23H17F5O/c1-2-3-4-14-5-7-15(8-6-14)16-9-10-18(19(24)11-16)17-12-20(25)22(21(26)13-17)29-23(27)28/h2,5-13,23H,1,3-4H2. The highest BCUT2D eigenvalue weighted by Gasteiger charge is 2.18. The third-order valence-corrected chi connectivity index (χ3v) is 4.41. The van der Waals surface area contributed by atoms with Gasteiger partial charge in [-0.15, -0.1) is 6.58 Å². The predicted molar refractivity (Wildman–Crippen MR) is 102 cm³/mol. The van der Waals surface area contributed by atoms with E-state index < -0.39 is 29.8 Å². The molecule has 3 aromatic rings. The molecule has 0 N–H and O–H groups in total. The van der Waals surface area contributed by atoms with Gasteiger partial charge in [0.05, 0.1) is 0 Å². The monoisotopic (exact) mass is 404 g/mol. The zero-order valence-electron chi connectivity index (χ0n) is 15.3. The van der Waals surface area contributed by atoms with Gasteiger partial charge in [-0.25, -0.2) is 13.2 Å². The van der Waals surface area contributed by atoms with Crippen LogP contribution in [-0.4, -0.2) is 6.61 Å². The number of rotatable bonds is 7. The summed E-state index contributed by atoms with van der Waals surface area (Å²) in [6, 6.07) is 13.4. The minimum Gasteiger partial charge on any atom is -0.429 e. The predicted octanol–water partition coefficient (Wildman–Crippen LogP) is 7.16. The maximum absolute atomic E-state index is 14.6. The smallest absolute Gasteiger partial charge is 0.387 e. The van der Waals surface area contributed by atoms with Crippen molar-refractivity contribution in [2.24, 2.45) is 0 Å². The lowest BCUT2D eigenvalue weighted by molar-refractivity contribution is -0.0546. The zero-order chi connectivity index (χ0) is 21.0. The van der Waals surface area contributed by atoms with E-state index in [9.17, 15) is 22.0 Å². The van der Waals surface area contributed by atoms with Gasteiger partial charge in [0.1, 0.15) is 5.82 Å². The van der Waals surface area contributed by atoms with E-state index in [1.54, 1.807) is 6.07 Å². The Morgan fingerprint density at radius 1 is 0.793 bits per heavy atom. The number of allylic oxidation sites excluding steroid dienone is 1. The topological polar surface area (TPSA) is 9.23 Å². The van der Waals surface area contributed by atoms with Gasteiger partial charge in [0.15, 0.2) is 17.4 Å². The van der Waals surface area contributed by atoms with Crippen molar-refractivity contribution in [3.05, 3.63) is 90.3 Å². The summed E-state index contributed by atoms with van der Waals surface area (Å²) in [7, 11) is 0. The summed E-state index contributed by atoms with van der Waals surface area (Å²) in [6.45, 7) is 0.312. The van der Waals surface area contributed by atoms with Crippen molar-refractivity contribution in [1.29, 1.82) is 0 Å². The summed E-state index contributed by atoms with van der Waals surface area (Å²) in [5.41, 5.74) is 2.34. The molecule has 0 bridgehead atoms. The largest absolute Gasteiger partial charge is 0.429 e. The number of halogens is 5. The van der Waals surface area contributed by atoms with E-state index in [1.807, 2.05) is 30.3 Å². The number of ether oxygens (including phenoxy) is 1. The molecule has 0 aliphatic heterocycles. The second-order valence-electron chi connectivity index (χ2n) is 6.37. The molecule has 0 radical (unpaired) electrons. The Hall–Kier alpha value is -3.15. The second kappa shape index (κ2) is 8.90. The summed E-state index contributed by atoms with van der Waals surface area (Å²) in [6.07, 6.45) is 3.55. The van der Waals surface area contributed by atoms with Crippen molar-refractivity contribution in [3.63, 3.8) is 0 Å². The van der Waals surface area contributed by atoms with Crippen LogP contribution in [0, 0.1) is 17.5 Å². The molecule has 0 aliphatic carbocycles. The molecule has 6 heteroatoms. The minimum atomic E-state index is -3.37. The van der Waals surface area contributed by atoms with E-state index in [1.165, 1.54) is 12.1 Å². The third-order valence-electron chi connectivity index (χ3n) is 4.41. The molecule has 0 aliphatic rings. The van der Waals surface area contributed by atoms with E-state index in [0.717, 1.165) is 36.1 Å². The quantitative estimate of drug-likeness (QED) is 0.300. The number of hydrogen-bond acceptors (Lipinski definition) is 1. The molecule has 29 heavy (non-hydrogen) atoms. The first-order valence-electron chi connectivity index (χ1n) is 8.83. The molecule has 0 saturated heterocycles. The van der Waals surface area contributed by atoms with Gasteiger partial charge in [0.2, 0.25) is 0 Å². The third kappa shape index (κ3) is 4.83. The highest BCUT2D eigenvalue weighted by molar-refractivity contribution is 5.71. The maximum atomic E-state index is 14.6. The fraction of sp³-hybridized carbons (Fsp3) is 0.130. The van der Waals surface area contributed by atoms with Gasteiger partial charge >= 0.3 is 6.61 Å². The summed E-state index contributed by atoms with van der Waals surface area (Å²) in [4.78, 5) is 0. The molecule has 0 fully saturated rings. The highest BCUT2D eigenvalue weighted by atomic mass is 19.3. The van der Waals surface area contributed by atoms with Gasteiger partial charge in [0.25, 0.3) is 0 Å². The first-order chi connectivity index (χ1) is 13.9. The summed E-state index contributed by atoms with van der Waals surface area (Å²) in [5, 5.41) is 0. The molecular formula is C23H17F5O. The molecule has 1 nitrogen and oxygen atoms in total. The Morgan fingerprint density at radius 3 is 1.93 bits per heavy atom. The van der Waals surface area contributed by atoms with Gasteiger partial charge in [0, 0.05) is 5.56 Å². The van der Waals surface area contributed by atoms with E-state index in [-0.39, 0.29) is 11.1 Å². The number of hydrogen-bond donors (Lipinski definition) is 0. The first-order valence-corrected chi connectivity index (χ1v) is 8.83. The molecule has 3 aromatic carbocycles. The molecule has 0 heterocycles. The number of alkyl halides is 2. The lowest BCUT2D eigenvalue weighted by Crippen LogP contribution is -2.06. The number of benzene rings is 3. The van der Waals surface area contributed by atoms with Gasteiger partial charge in [-0.3, -0.25) is 0 Å². The Kier molecular flexibility index (Phi) is 6.32. The van der Waals surface area contributed by atoms with Crippen LogP contribution in [0.25, 0.3) is 22.3 Å². The average Bonchev–Trinajstić information content (AvgIpc) is 2.69. The molecule has 0 saturated carbocycles. The van der Waals surface area contributed by atoms with Crippen molar-refractivity contribution in [2.75, 3.05) is 0 Å². The van der Waals surface area contributed by atoms with Gasteiger partial charge in [-0.2, -0.15) is 8.78 Å². The molecule has 0 spiro atoms. The Labute approximate surface area is 165 Å². The van der Waals surface area contributed by atoms with Crippen molar-refractivity contribution in [2.45, 2.75) is 19.5 Å². The van der Waals surface area contributed by atoms with Crippen LogP contribution in [0.3, 0.4) is 0 Å². The fourth-order valence-electron chi connectivity index (χ4n) is 2.98. The van der Waals surface area contributed by atoms with Crippen molar-refractivity contribution in [1.82, 2.24) is 0 Å². The van der Waals surface area contributed by atoms with Crippen LogP contribution in [0.2, 0.25) is 0 Å². The van der Waals surface area contributed by atoms with Crippen LogP contribution in [0.5, 0.6) is 5.75 Å². The van der Waals surface area contributed by atoms with E-state index in [0.29, 0.717) is 5.56 Å². The summed E-state index contributed by atoms with van der Waals surface area (Å²) >= 11 is 0. The fourth-order valence-corrected chi connectivity index (χ4v) is 2.98. The SMILES string of the molecule is C=CCCc1ccc(-c2ccc(-c3cc(F)c(OC(F)F)c(F)c3)c(F)c2)cc1. The van der Waals surface area contributed by atoms with Crippen LogP contribution in [-0.2, 0) is 6.42 Å². The van der Waals surface area contributed by atoms with Crippen LogP contribution in [0.1, 0.15) is 12.0 Å². The molecular weight excluding hydrogens is 387 g/mol. The van der Waals surface area contributed by atoms with Crippen LogP contribution in [0.15, 0.2) is 67.3 Å². The molecule has 0 aromatic heterocycles. The van der Waals surface area contributed by atoms with Crippen LogP contribution in [0.4, 0.5) is 22.0 Å². The normalized spacial score (nSPS) is 11.0. The van der Waals surface area contributed by atoms with Crippen LogP contribution < -0.4 is 4.74 Å². The molecule has 0 atom stereocenters. The second-order valence-corrected chi connectivity index (χ2v) is 6.37. The van der Waals surface area contributed by atoms with E-state index >= 15 is 0 Å². The number of aryl methyl sites for hydroxylation is 1. The molecule has 0 amide bonds. The van der Waals surface area contributed by atoms with Crippen LogP contribution >= 0.6 is 0 Å². The van der Waals surface area contributed by atoms with E-state index in [4.69, 9.17) is 0 Å². The molecule has 3 rings (SSSR count). The summed E-state index contributed by atoms with van der Waals surface area (Å²) < 4.78 is 70.8. The molecule has 150 valence electrons. The average molecular weight is 404 g/mol. The van der Waals surface area contributed by atoms with Crippen molar-refractivity contribution >= 4 is 0 Å². The zero-order valence-corrected chi connectivity index (χ0v) is 15.3. The lowest BCUT2D eigenvalue weighted by Gasteiger charge is -2.11. The van der Waals surface area contributed by atoms with Gasteiger partial charge in [-0.1, -0.05) is 42.5 Å². The van der Waals surface area contributed by atoms with E-state index in [2.05, 4.69) is 11.3 Å². The Balaban J connectivity index is 1.89. The van der Waals surface area contributed by atoms with Crippen molar-refractivity contribution < 1.29 is 26.7 Å². The van der Waals surface area contributed by atoms with Gasteiger partial charge < -0.3 is 4.74 Å². The minimum absolute atomic E-state index is 0.0576. The lowest BCUT2D eigenvalue weighted by atomic mass is 9.98. The van der Waals surface area contributed by atoms with Crippen molar-refractivity contribution in [3.8, 4) is 28.0 Å².